The molecule has 2 atom stereocenters. The average molecular weight is 187 g/mol. The number of rotatable bonds is 5. The normalized spacial score (nSPS) is 23.3. The Morgan fingerprint density at radius 1 is 1.38 bits per heavy atom. The van der Waals surface area contributed by atoms with Crippen LogP contribution in [-0.4, -0.2) is 42.0 Å². The third-order valence-corrected chi connectivity index (χ3v) is 2.43. The van der Waals surface area contributed by atoms with Gasteiger partial charge in [-0.1, -0.05) is 6.92 Å². The molecule has 0 radical (unpaired) electrons. The lowest BCUT2D eigenvalue weighted by atomic mass is 10.3. The first-order chi connectivity index (χ1) is 6.24. The van der Waals surface area contributed by atoms with Gasteiger partial charge in [-0.25, -0.2) is 0 Å². The van der Waals surface area contributed by atoms with Crippen molar-refractivity contribution >= 4 is 0 Å². The van der Waals surface area contributed by atoms with E-state index in [4.69, 9.17) is 9.84 Å². The molecule has 1 rings (SSSR count). The molecule has 0 aliphatic carbocycles. The van der Waals surface area contributed by atoms with E-state index in [-0.39, 0.29) is 12.3 Å². The first-order valence-electron chi connectivity index (χ1n) is 5.27. The molecule has 0 saturated carbocycles. The van der Waals surface area contributed by atoms with Crippen LogP contribution in [0.4, 0.5) is 0 Å². The molecule has 0 aromatic rings. The van der Waals surface area contributed by atoms with Crippen molar-refractivity contribution in [1.82, 2.24) is 4.90 Å². The van der Waals surface area contributed by atoms with E-state index in [0.717, 1.165) is 19.5 Å². The molecule has 13 heavy (non-hydrogen) atoms. The Kier molecular flexibility index (Phi) is 4.70. The number of hydrogen-bond acceptors (Lipinski definition) is 3. The minimum absolute atomic E-state index is 0.220. The first kappa shape index (κ1) is 11.0. The van der Waals surface area contributed by atoms with Crippen LogP contribution in [0.15, 0.2) is 0 Å². The van der Waals surface area contributed by atoms with Crippen molar-refractivity contribution in [3.63, 3.8) is 0 Å². The molecule has 1 aliphatic rings. The maximum atomic E-state index is 9.10. The summed E-state index contributed by atoms with van der Waals surface area (Å²) in [7, 11) is 0. The number of aliphatic hydroxyl groups is 1. The Morgan fingerprint density at radius 2 is 2.00 bits per heavy atom. The zero-order chi connectivity index (χ0) is 9.68. The van der Waals surface area contributed by atoms with Crippen molar-refractivity contribution in [3.05, 3.63) is 0 Å². The van der Waals surface area contributed by atoms with E-state index in [0.29, 0.717) is 6.61 Å². The predicted octanol–water partition coefficient (Wildman–Crippen LogP) is 1.22. The van der Waals surface area contributed by atoms with Crippen LogP contribution in [0.1, 0.15) is 33.1 Å². The SMILES string of the molecule is CCC(OCC(C)O)N1CCCC1. The van der Waals surface area contributed by atoms with Crippen molar-refractivity contribution in [1.29, 1.82) is 0 Å². The number of likely N-dealkylation sites (tertiary alicyclic amines) is 1. The van der Waals surface area contributed by atoms with E-state index in [1.54, 1.807) is 6.92 Å². The van der Waals surface area contributed by atoms with Crippen LogP contribution in [0.3, 0.4) is 0 Å². The summed E-state index contributed by atoms with van der Waals surface area (Å²) >= 11 is 0. The van der Waals surface area contributed by atoms with Crippen molar-refractivity contribution in [2.24, 2.45) is 0 Å². The molecular weight excluding hydrogens is 166 g/mol. The first-order valence-corrected chi connectivity index (χ1v) is 5.27. The van der Waals surface area contributed by atoms with Gasteiger partial charge in [-0.3, -0.25) is 4.90 Å². The number of aliphatic hydroxyl groups excluding tert-OH is 1. The molecule has 1 saturated heterocycles. The summed E-state index contributed by atoms with van der Waals surface area (Å²) in [6.07, 6.45) is 3.45. The summed E-state index contributed by atoms with van der Waals surface area (Å²) in [6.45, 7) is 6.65. The van der Waals surface area contributed by atoms with Crippen LogP contribution in [0.25, 0.3) is 0 Å². The van der Waals surface area contributed by atoms with E-state index in [1.165, 1.54) is 12.8 Å². The highest BCUT2D eigenvalue weighted by atomic mass is 16.5. The second-order valence-electron chi connectivity index (χ2n) is 3.79. The summed E-state index contributed by atoms with van der Waals surface area (Å²) in [5.41, 5.74) is 0. The van der Waals surface area contributed by atoms with Gasteiger partial charge >= 0.3 is 0 Å². The topological polar surface area (TPSA) is 32.7 Å². The van der Waals surface area contributed by atoms with Crippen molar-refractivity contribution in [3.8, 4) is 0 Å². The standard InChI is InChI=1S/C10H21NO2/c1-3-10(13-8-9(2)12)11-6-4-5-7-11/h9-10,12H,3-8H2,1-2H3. The highest BCUT2D eigenvalue weighted by Crippen LogP contribution is 2.14. The molecule has 78 valence electrons. The van der Waals surface area contributed by atoms with Gasteiger partial charge in [-0.2, -0.15) is 0 Å². The Morgan fingerprint density at radius 3 is 2.46 bits per heavy atom. The minimum Gasteiger partial charge on any atom is -0.391 e. The van der Waals surface area contributed by atoms with E-state index in [2.05, 4.69) is 11.8 Å². The van der Waals surface area contributed by atoms with E-state index >= 15 is 0 Å². The quantitative estimate of drug-likeness (QED) is 0.702. The maximum Gasteiger partial charge on any atom is 0.110 e. The lowest BCUT2D eigenvalue weighted by Crippen LogP contribution is -2.36. The van der Waals surface area contributed by atoms with Crippen LogP contribution in [0, 0.1) is 0 Å². The van der Waals surface area contributed by atoms with Crippen LogP contribution in [0.2, 0.25) is 0 Å². The average Bonchev–Trinajstić information content (AvgIpc) is 2.58. The lowest BCUT2D eigenvalue weighted by Gasteiger charge is -2.26. The molecule has 1 fully saturated rings. The molecule has 0 aromatic carbocycles. The molecule has 3 nitrogen and oxygen atoms in total. The van der Waals surface area contributed by atoms with Gasteiger partial charge in [0.25, 0.3) is 0 Å². The fraction of sp³-hybridized carbons (Fsp3) is 1.00. The monoisotopic (exact) mass is 187 g/mol. The fourth-order valence-corrected chi connectivity index (χ4v) is 1.76. The summed E-state index contributed by atoms with van der Waals surface area (Å²) in [4.78, 5) is 2.36. The summed E-state index contributed by atoms with van der Waals surface area (Å²) in [5.74, 6) is 0. The summed E-state index contributed by atoms with van der Waals surface area (Å²) in [5, 5.41) is 9.10. The van der Waals surface area contributed by atoms with Gasteiger partial charge in [-0.15, -0.1) is 0 Å². The third-order valence-electron chi connectivity index (χ3n) is 2.43. The molecule has 1 aliphatic heterocycles. The van der Waals surface area contributed by atoms with Gasteiger partial charge in [0.05, 0.1) is 12.7 Å². The minimum atomic E-state index is -0.350. The lowest BCUT2D eigenvalue weighted by molar-refractivity contribution is -0.0772. The molecule has 0 bridgehead atoms. The number of ether oxygens (including phenoxy) is 1. The number of hydrogen-bond donors (Lipinski definition) is 1. The number of nitrogens with zero attached hydrogens (tertiary/aromatic N) is 1. The van der Waals surface area contributed by atoms with Crippen LogP contribution in [-0.2, 0) is 4.74 Å². The molecule has 0 amide bonds. The smallest absolute Gasteiger partial charge is 0.110 e. The predicted molar refractivity (Wildman–Crippen MR) is 52.5 cm³/mol. The van der Waals surface area contributed by atoms with E-state index in [9.17, 15) is 0 Å². The Labute approximate surface area is 80.7 Å². The zero-order valence-electron chi connectivity index (χ0n) is 8.70. The zero-order valence-corrected chi connectivity index (χ0v) is 8.70. The Bertz CT molecular complexity index is 133. The summed E-state index contributed by atoms with van der Waals surface area (Å²) < 4.78 is 5.61. The highest BCUT2D eigenvalue weighted by molar-refractivity contribution is 4.69. The van der Waals surface area contributed by atoms with Crippen molar-refractivity contribution in [2.75, 3.05) is 19.7 Å². The second kappa shape index (κ2) is 5.58. The van der Waals surface area contributed by atoms with Crippen molar-refractivity contribution < 1.29 is 9.84 Å². The highest BCUT2D eigenvalue weighted by Gasteiger charge is 2.20. The third kappa shape index (κ3) is 3.63. The molecule has 0 aromatic heterocycles. The van der Waals surface area contributed by atoms with Gasteiger partial charge in [0, 0.05) is 13.1 Å². The van der Waals surface area contributed by atoms with Gasteiger partial charge in [0.15, 0.2) is 0 Å². The second-order valence-corrected chi connectivity index (χ2v) is 3.79. The van der Waals surface area contributed by atoms with Gasteiger partial charge in [0.2, 0.25) is 0 Å². The van der Waals surface area contributed by atoms with Gasteiger partial charge in [0.1, 0.15) is 6.23 Å². The summed E-state index contributed by atoms with van der Waals surface area (Å²) in [6, 6.07) is 0. The largest absolute Gasteiger partial charge is 0.391 e. The van der Waals surface area contributed by atoms with Crippen molar-refractivity contribution in [2.45, 2.75) is 45.4 Å². The Hall–Kier alpha value is -0.120. The molecule has 1 N–H and O–H groups in total. The molecular formula is C10H21NO2. The van der Waals surface area contributed by atoms with E-state index in [1.807, 2.05) is 0 Å². The maximum absolute atomic E-state index is 9.10. The molecule has 0 spiro atoms. The van der Waals surface area contributed by atoms with Crippen LogP contribution in [0.5, 0.6) is 0 Å². The molecule has 1 heterocycles. The van der Waals surface area contributed by atoms with Gasteiger partial charge in [-0.05, 0) is 26.2 Å². The Balaban J connectivity index is 2.24. The molecule has 3 heteroatoms. The molecule has 2 unspecified atom stereocenters. The van der Waals surface area contributed by atoms with Gasteiger partial charge < -0.3 is 9.84 Å². The van der Waals surface area contributed by atoms with Crippen LogP contribution < -0.4 is 0 Å². The van der Waals surface area contributed by atoms with Crippen LogP contribution >= 0.6 is 0 Å². The van der Waals surface area contributed by atoms with E-state index < -0.39 is 0 Å². The fourth-order valence-electron chi connectivity index (χ4n) is 1.76.